The molecule has 0 fully saturated rings. The average molecular weight is 220 g/mol. The third-order valence-corrected chi connectivity index (χ3v) is 2.22. The van der Waals surface area contributed by atoms with E-state index in [0.29, 0.717) is 18.4 Å². The van der Waals surface area contributed by atoms with Gasteiger partial charge in [0.05, 0.1) is 11.7 Å². The Morgan fingerprint density at radius 2 is 1.88 bits per heavy atom. The first kappa shape index (κ1) is 12.4. The van der Waals surface area contributed by atoms with Gasteiger partial charge in [-0.15, -0.1) is 0 Å². The first-order valence-electron chi connectivity index (χ1n) is 5.35. The van der Waals surface area contributed by atoms with Gasteiger partial charge in [0.1, 0.15) is 5.78 Å². The van der Waals surface area contributed by atoms with Crippen molar-refractivity contribution in [3.8, 4) is 0 Å². The lowest BCUT2D eigenvalue weighted by Gasteiger charge is -2.12. The van der Waals surface area contributed by atoms with Gasteiger partial charge in [-0.2, -0.15) is 0 Å². The molecule has 16 heavy (non-hydrogen) atoms. The van der Waals surface area contributed by atoms with E-state index < -0.39 is 0 Å². The van der Waals surface area contributed by atoms with Crippen molar-refractivity contribution in [3.05, 3.63) is 35.9 Å². The highest BCUT2D eigenvalue weighted by molar-refractivity contribution is 5.89. The van der Waals surface area contributed by atoms with Crippen molar-refractivity contribution < 1.29 is 14.3 Å². The molecule has 0 aliphatic heterocycles. The van der Waals surface area contributed by atoms with Gasteiger partial charge >= 0.3 is 5.97 Å². The van der Waals surface area contributed by atoms with Crippen molar-refractivity contribution in [1.82, 2.24) is 0 Å². The molecule has 0 amide bonds. The molecule has 1 aromatic rings. The molecule has 0 saturated heterocycles. The third kappa shape index (κ3) is 4.26. The standard InChI is InChI=1S/C13H16O3/c1-10(14)8-9-11(2)16-13(15)12-6-4-3-5-7-12/h3-7,11H,8-9H2,1-2H3/t11-/m0/s1. The molecule has 0 radical (unpaired) electrons. The largest absolute Gasteiger partial charge is 0.459 e. The van der Waals surface area contributed by atoms with Crippen molar-refractivity contribution in [1.29, 1.82) is 0 Å². The lowest BCUT2D eigenvalue weighted by atomic mass is 10.1. The summed E-state index contributed by atoms with van der Waals surface area (Å²) in [6, 6.07) is 8.84. The van der Waals surface area contributed by atoms with Gasteiger partial charge in [0, 0.05) is 6.42 Å². The molecule has 0 spiro atoms. The molecule has 0 aromatic heterocycles. The molecule has 0 saturated carbocycles. The topological polar surface area (TPSA) is 43.4 Å². The van der Waals surface area contributed by atoms with E-state index in [-0.39, 0.29) is 17.9 Å². The zero-order valence-corrected chi connectivity index (χ0v) is 9.60. The molecular formula is C13H16O3. The Labute approximate surface area is 95.4 Å². The Kier molecular flexibility index (Phi) is 4.70. The molecule has 0 bridgehead atoms. The Morgan fingerprint density at radius 1 is 1.25 bits per heavy atom. The molecule has 1 aromatic carbocycles. The van der Waals surface area contributed by atoms with Crippen molar-refractivity contribution in [3.63, 3.8) is 0 Å². The maximum absolute atomic E-state index is 11.6. The fourth-order valence-electron chi connectivity index (χ4n) is 1.29. The summed E-state index contributed by atoms with van der Waals surface area (Å²) >= 11 is 0. The zero-order valence-electron chi connectivity index (χ0n) is 9.60. The number of hydrogen-bond donors (Lipinski definition) is 0. The van der Waals surface area contributed by atoms with E-state index in [4.69, 9.17) is 4.74 Å². The third-order valence-electron chi connectivity index (χ3n) is 2.22. The van der Waals surface area contributed by atoms with Gasteiger partial charge in [-0.1, -0.05) is 18.2 Å². The lowest BCUT2D eigenvalue weighted by molar-refractivity contribution is -0.117. The average Bonchev–Trinajstić information content (AvgIpc) is 2.27. The van der Waals surface area contributed by atoms with Crippen LogP contribution >= 0.6 is 0 Å². The van der Waals surface area contributed by atoms with E-state index in [2.05, 4.69) is 0 Å². The quantitative estimate of drug-likeness (QED) is 0.716. The van der Waals surface area contributed by atoms with Crippen molar-refractivity contribution in [2.24, 2.45) is 0 Å². The highest BCUT2D eigenvalue weighted by Crippen LogP contribution is 2.07. The highest BCUT2D eigenvalue weighted by atomic mass is 16.5. The monoisotopic (exact) mass is 220 g/mol. The van der Waals surface area contributed by atoms with E-state index >= 15 is 0 Å². The van der Waals surface area contributed by atoms with E-state index in [0.717, 1.165) is 0 Å². The van der Waals surface area contributed by atoms with Crippen molar-refractivity contribution in [2.45, 2.75) is 32.8 Å². The number of benzene rings is 1. The molecular weight excluding hydrogens is 204 g/mol. The Balaban J connectivity index is 2.43. The fraction of sp³-hybridized carbons (Fsp3) is 0.385. The number of rotatable bonds is 5. The normalized spacial score (nSPS) is 11.9. The number of ketones is 1. The molecule has 1 atom stereocenters. The molecule has 0 aliphatic carbocycles. The summed E-state index contributed by atoms with van der Waals surface area (Å²) in [5.74, 6) is -0.223. The molecule has 86 valence electrons. The van der Waals surface area contributed by atoms with Gasteiger partial charge in [-0.3, -0.25) is 0 Å². The number of esters is 1. The minimum Gasteiger partial charge on any atom is -0.459 e. The summed E-state index contributed by atoms with van der Waals surface area (Å²) in [4.78, 5) is 22.4. The van der Waals surface area contributed by atoms with Gasteiger partial charge in [0.15, 0.2) is 0 Å². The second kappa shape index (κ2) is 6.05. The van der Waals surface area contributed by atoms with Crippen molar-refractivity contribution >= 4 is 11.8 Å². The van der Waals surface area contributed by atoms with E-state index in [1.54, 1.807) is 31.2 Å². The van der Waals surface area contributed by atoms with Gasteiger partial charge in [-0.25, -0.2) is 4.79 Å². The van der Waals surface area contributed by atoms with Crippen LogP contribution in [0.25, 0.3) is 0 Å². The van der Waals surface area contributed by atoms with Gasteiger partial charge in [0.2, 0.25) is 0 Å². The maximum atomic E-state index is 11.6. The van der Waals surface area contributed by atoms with Crippen molar-refractivity contribution in [2.75, 3.05) is 0 Å². The summed E-state index contributed by atoms with van der Waals surface area (Å²) in [5, 5.41) is 0. The number of hydrogen-bond acceptors (Lipinski definition) is 3. The highest BCUT2D eigenvalue weighted by Gasteiger charge is 2.11. The second-order valence-electron chi connectivity index (χ2n) is 3.82. The summed E-state index contributed by atoms with van der Waals surface area (Å²) in [5.41, 5.74) is 0.539. The van der Waals surface area contributed by atoms with Crippen LogP contribution in [0.5, 0.6) is 0 Å². The van der Waals surface area contributed by atoms with Crippen LogP contribution in [0.1, 0.15) is 37.0 Å². The van der Waals surface area contributed by atoms with E-state index in [9.17, 15) is 9.59 Å². The summed E-state index contributed by atoms with van der Waals surface area (Å²) in [7, 11) is 0. The summed E-state index contributed by atoms with van der Waals surface area (Å²) in [6.07, 6.45) is 0.800. The minimum atomic E-state index is -0.336. The van der Waals surface area contributed by atoms with E-state index in [1.807, 2.05) is 6.07 Å². The van der Waals surface area contributed by atoms with Gasteiger partial charge in [0.25, 0.3) is 0 Å². The Bertz CT molecular complexity index is 357. The van der Waals surface area contributed by atoms with Crippen LogP contribution in [0.4, 0.5) is 0 Å². The van der Waals surface area contributed by atoms with Crippen LogP contribution in [-0.4, -0.2) is 17.9 Å². The van der Waals surface area contributed by atoms with Crippen LogP contribution in [0.3, 0.4) is 0 Å². The van der Waals surface area contributed by atoms with Crippen LogP contribution in [0, 0.1) is 0 Å². The molecule has 0 aliphatic rings. The Hall–Kier alpha value is -1.64. The molecule has 3 heteroatoms. The lowest BCUT2D eigenvalue weighted by Crippen LogP contribution is -2.15. The molecule has 0 N–H and O–H groups in total. The van der Waals surface area contributed by atoms with Gasteiger partial charge in [-0.05, 0) is 32.4 Å². The number of Topliss-reactive ketones (excluding diaryl/α,β-unsaturated/α-hetero) is 1. The fourth-order valence-corrected chi connectivity index (χ4v) is 1.29. The van der Waals surface area contributed by atoms with Gasteiger partial charge < -0.3 is 9.53 Å². The van der Waals surface area contributed by atoms with Crippen LogP contribution in [-0.2, 0) is 9.53 Å². The number of carbonyl (C=O) groups is 2. The molecule has 1 rings (SSSR count). The van der Waals surface area contributed by atoms with Crippen LogP contribution in [0.2, 0.25) is 0 Å². The predicted molar refractivity (Wildman–Crippen MR) is 61.2 cm³/mol. The first-order valence-corrected chi connectivity index (χ1v) is 5.35. The molecule has 0 unspecified atom stereocenters. The summed E-state index contributed by atoms with van der Waals surface area (Å²) < 4.78 is 5.20. The van der Waals surface area contributed by atoms with Crippen LogP contribution in [0.15, 0.2) is 30.3 Å². The number of ether oxygens (including phenoxy) is 1. The van der Waals surface area contributed by atoms with E-state index in [1.165, 1.54) is 6.92 Å². The first-order chi connectivity index (χ1) is 7.59. The predicted octanol–water partition coefficient (Wildman–Crippen LogP) is 2.60. The number of carbonyl (C=O) groups excluding carboxylic acids is 2. The Morgan fingerprint density at radius 3 is 2.44 bits per heavy atom. The smallest absolute Gasteiger partial charge is 0.338 e. The minimum absolute atomic E-state index is 0.114. The SMILES string of the molecule is CC(=O)CC[C@H](C)OC(=O)c1ccccc1. The molecule has 0 heterocycles. The van der Waals surface area contributed by atoms with Crippen LogP contribution < -0.4 is 0 Å². The molecule has 3 nitrogen and oxygen atoms in total. The second-order valence-corrected chi connectivity index (χ2v) is 3.82. The summed E-state index contributed by atoms with van der Waals surface area (Å²) in [6.45, 7) is 3.33. The zero-order chi connectivity index (χ0) is 12.0. The maximum Gasteiger partial charge on any atom is 0.338 e.